The van der Waals surface area contributed by atoms with Crippen LogP contribution in [0.4, 0.5) is 5.69 Å². The Morgan fingerprint density at radius 3 is 2.50 bits per heavy atom. The van der Waals surface area contributed by atoms with E-state index in [1.807, 2.05) is 63.4 Å². The Kier molecular flexibility index (Phi) is 5.02. The van der Waals surface area contributed by atoms with Gasteiger partial charge in [-0.25, -0.2) is 0 Å². The summed E-state index contributed by atoms with van der Waals surface area (Å²) in [4.78, 5) is 14.8. The highest BCUT2D eigenvalue weighted by molar-refractivity contribution is 6.11. The molecule has 0 radical (unpaired) electrons. The molecule has 0 saturated carbocycles. The Morgan fingerprint density at radius 1 is 1.07 bits per heavy atom. The molecule has 5 heteroatoms. The molecule has 5 rings (SSSR count). The van der Waals surface area contributed by atoms with E-state index < -0.39 is 5.41 Å². The van der Waals surface area contributed by atoms with Crippen molar-refractivity contribution in [2.45, 2.75) is 38.2 Å². The van der Waals surface area contributed by atoms with Crippen molar-refractivity contribution >= 4 is 11.6 Å². The summed E-state index contributed by atoms with van der Waals surface area (Å²) >= 11 is 0. The van der Waals surface area contributed by atoms with Crippen molar-refractivity contribution in [1.82, 2.24) is 0 Å². The molecule has 0 aliphatic carbocycles. The van der Waals surface area contributed by atoms with Crippen LogP contribution in [0.1, 0.15) is 37.8 Å². The Hall–Kier alpha value is -2.53. The molecule has 2 aromatic carbocycles. The largest absolute Gasteiger partial charge is 0.491 e. The summed E-state index contributed by atoms with van der Waals surface area (Å²) in [5, 5.41) is 0. The van der Waals surface area contributed by atoms with E-state index in [0.717, 1.165) is 41.5 Å². The van der Waals surface area contributed by atoms with Crippen molar-refractivity contribution in [2.75, 3.05) is 31.8 Å². The smallest absolute Gasteiger partial charge is 0.245 e. The predicted molar refractivity (Wildman–Crippen MR) is 108 cm³/mol. The van der Waals surface area contributed by atoms with Crippen molar-refractivity contribution in [2.24, 2.45) is 0 Å². The molecule has 0 N–H and O–H groups in total. The van der Waals surface area contributed by atoms with Crippen molar-refractivity contribution in [3.8, 4) is 11.5 Å². The van der Waals surface area contributed by atoms with Gasteiger partial charge in [-0.05, 0) is 44.4 Å². The maximum Gasteiger partial charge on any atom is 0.245 e. The summed E-state index contributed by atoms with van der Waals surface area (Å²) in [5.74, 6) is 1.57. The number of ether oxygens (including phenoxy) is 3. The molecular weight excluding hydrogens is 354 g/mol. The van der Waals surface area contributed by atoms with Gasteiger partial charge in [0.1, 0.15) is 23.5 Å². The van der Waals surface area contributed by atoms with Crippen LogP contribution >= 0.6 is 0 Å². The van der Waals surface area contributed by atoms with E-state index in [1.54, 1.807) is 4.90 Å². The third-order valence-electron chi connectivity index (χ3n) is 5.45. The second kappa shape index (κ2) is 7.47. The number of nitrogens with zero attached hydrogens (tertiary/aromatic N) is 1. The molecule has 28 heavy (non-hydrogen) atoms. The number of anilines is 1. The predicted octanol–water partition coefficient (Wildman–Crippen LogP) is 3.93. The molecule has 5 nitrogen and oxygen atoms in total. The first-order valence-electron chi connectivity index (χ1n) is 9.93. The average molecular weight is 381 g/mol. The molecule has 3 aliphatic heterocycles. The van der Waals surface area contributed by atoms with Crippen LogP contribution < -0.4 is 14.4 Å². The number of carbonyl (C=O) groups is 1. The molecule has 1 amide bonds. The van der Waals surface area contributed by atoms with E-state index in [-0.39, 0.29) is 12.0 Å². The van der Waals surface area contributed by atoms with Crippen LogP contribution in [-0.2, 0) is 14.9 Å². The van der Waals surface area contributed by atoms with Crippen LogP contribution in [0.25, 0.3) is 0 Å². The molecule has 1 spiro atoms. The highest BCUT2D eigenvalue weighted by Crippen LogP contribution is 2.52. The number of fused-ring (bicyclic) bond motifs is 4. The van der Waals surface area contributed by atoms with E-state index in [9.17, 15) is 4.79 Å². The quantitative estimate of drug-likeness (QED) is 0.791. The SMILES string of the molecule is C1CCOC1.CC(C)Oc1ccc2c(c1)OCC21C(=O)N(C)c2ccccc21. The zero-order valence-electron chi connectivity index (χ0n) is 16.7. The minimum Gasteiger partial charge on any atom is -0.491 e. The van der Waals surface area contributed by atoms with Crippen LogP contribution in [0.2, 0.25) is 0 Å². The maximum atomic E-state index is 13.0. The van der Waals surface area contributed by atoms with Gasteiger partial charge < -0.3 is 19.1 Å². The topological polar surface area (TPSA) is 48.0 Å². The number of likely N-dealkylation sites (N-methyl/N-ethyl adjacent to an activating group) is 1. The van der Waals surface area contributed by atoms with Crippen LogP contribution in [0.3, 0.4) is 0 Å². The minimum atomic E-state index is -0.725. The van der Waals surface area contributed by atoms with Gasteiger partial charge in [0.2, 0.25) is 5.91 Å². The van der Waals surface area contributed by atoms with Crippen LogP contribution in [0, 0.1) is 0 Å². The van der Waals surface area contributed by atoms with Crippen molar-refractivity contribution in [3.63, 3.8) is 0 Å². The lowest BCUT2D eigenvalue weighted by Crippen LogP contribution is -2.40. The first-order valence-corrected chi connectivity index (χ1v) is 9.93. The molecule has 1 unspecified atom stereocenters. The molecule has 1 saturated heterocycles. The lowest BCUT2D eigenvalue weighted by molar-refractivity contribution is -0.121. The molecule has 3 aliphatic rings. The van der Waals surface area contributed by atoms with E-state index in [0.29, 0.717) is 6.61 Å². The van der Waals surface area contributed by atoms with Crippen molar-refractivity contribution in [3.05, 3.63) is 53.6 Å². The number of hydrogen-bond acceptors (Lipinski definition) is 4. The Balaban J connectivity index is 0.000000336. The zero-order valence-corrected chi connectivity index (χ0v) is 16.7. The van der Waals surface area contributed by atoms with E-state index >= 15 is 0 Å². The Labute approximate surface area is 166 Å². The fourth-order valence-corrected chi connectivity index (χ4v) is 4.13. The molecule has 0 aromatic heterocycles. The maximum absolute atomic E-state index is 13.0. The first kappa shape index (κ1) is 18.8. The van der Waals surface area contributed by atoms with Gasteiger partial charge in [-0.2, -0.15) is 0 Å². The zero-order chi connectivity index (χ0) is 19.7. The van der Waals surface area contributed by atoms with E-state index in [1.165, 1.54) is 12.8 Å². The number of hydrogen-bond donors (Lipinski definition) is 0. The van der Waals surface area contributed by atoms with Crippen LogP contribution in [0.5, 0.6) is 11.5 Å². The molecule has 148 valence electrons. The van der Waals surface area contributed by atoms with E-state index in [2.05, 4.69) is 0 Å². The highest BCUT2D eigenvalue weighted by atomic mass is 16.5. The summed E-state index contributed by atoms with van der Waals surface area (Å²) in [6, 6.07) is 13.7. The number of carbonyl (C=O) groups excluding carboxylic acids is 1. The summed E-state index contributed by atoms with van der Waals surface area (Å²) in [6.45, 7) is 6.32. The number of benzene rings is 2. The number of para-hydroxylation sites is 1. The van der Waals surface area contributed by atoms with Gasteiger partial charge in [-0.15, -0.1) is 0 Å². The third-order valence-corrected chi connectivity index (χ3v) is 5.45. The van der Waals surface area contributed by atoms with Gasteiger partial charge in [0.15, 0.2) is 0 Å². The molecule has 1 atom stereocenters. The average Bonchev–Trinajstić information content (AvgIpc) is 3.41. The molecule has 2 aromatic rings. The van der Waals surface area contributed by atoms with Crippen molar-refractivity contribution in [1.29, 1.82) is 0 Å². The molecule has 0 bridgehead atoms. The van der Waals surface area contributed by atoms with Gasteiger partial charge in [0.05, 0.1) is 6.10 Å². The van der Waals surface area contributed by atoms with Gasteiger partial charge in [-0.3, -0.25) is 4.79 Å². The molecular formula is C23H27NO4. The fourth-order valence-electron chi connectivity index (χ4n) is 4.13. The van der Waals surface area contributed by atoms with Crippen LogP contribution in [-0.4, -0.2) is 38.9 Å². The standard InChI is InChI=1S/C19H19NO3.C4H8O/c1-12(2)23-13-8-9-15-17(10-13)22-11-19(15)14-6-4-5-7-16(14)20(3)18(19)21;1-2-4-5-3-1/h4-10,12H,11H2,1-3H3;1-4H2. The molecule has 1 fully saturated rings. The Bertz CT molecular complexity index is 867. The van der Waals surface area contributed by atoms with Crippen LogP contribution in [0.15, 0.2) is 42.5 Å². The van der Waals surface area contributed by atoms with Gasteiger partial charge in [0.25, 0.3) is 0 Å². The summed E-state index contributed by atoms with van der Waals surface area (Å²) in [7, 11) is 1.82. The fraction of sp³-hybridized carbons (Fsp3) is 0.435. The third kappa shape index (κ3) is 3.04. The lowest BCUT2D eigenvalue weighted by Gasteiger charge is -2.21. The minimum absolute atomic E-state index is 0.0648. The van der Waals surface area contributed by atoms with E-state index in [4.69, 9.17) is 14.2 Å². The summed E-state index contributed by atoms with van der Waals surface area (Å²) in [5.41, 5.74) is 2.17. The highest BCUT2D eigenvalue weighted by Gasteiger charge is 2.55. The lowest BCUT2D eigenvalue weighted by atomic mass is 9.77. The monoisotopic (exact) mass is 381 g/mol. The first-order chi connectivity index (χ1) is 13.5. The van der Waals surface area contributed by atoms with Gasteiger partial charge >= 0.3 is 0 Å². The second-order valence-electron chi connectivity index (χ2n) is 7.72. The van der Waals surface area contributed by atoms with Gasteiger partial charge in [0, 0.05) is 37.6 Å². The second-order valence-corrected chi connectivity index (χ2v) is 7.72. The normalized spacial score (nSPS) is 22.0. The van der Waals surface area contributed by atoms with Gasteiger partial charge in [-0.1, -0.05) is 24.3 Å². The number of rotatable bonds is 2. The molecule has 3 heterocycles. The summed E-state index contributed by atoms with van der Waals surface area (Å²) in [6.07, 6.45) is 2.66. The Morgan fingerprint density at radius 2 is 1.82 bits per heavy atom. The summed E-state index contributed by atoms with van der Waals surface area (Å²) < 4.78 is 16.6. The van der Waals surface area contributed by atoms with Crippen molar-refractivity contribution < 1.29 is 19.0 Å². The number of amides is 1.